The van der Waals surface area contributed by atoms with Gasteiger partial charge < -0.3 is 19.7 Å². The highest BCUT2D eigenvalue weighted by Crippen LogP contribution is 2.42. The average molecular weight is 443 g/mol. The van der Waals surface area contributed by atoms with Gasteiger partial charge in [-0.1, -0.05) is 23.7 Å². The minimum atomic E-state index is -0.365. The second-order valence-electron chi connectivity index (χ2n) is 8.20. The lowest BCUT2D eigenvalue weighted by Gasteiger charge is -2.21. The number of ether oxygens (including phenoxy) is 2. The van der Waals surface area contributed by atoms with Crippen molar-refractivity contribution in [1.29, 1.82) is 0 Å². The van der Waals surface area contributed by atoms with Crippen molar-refractivity contribution >= 4 is 23.4 Å². The second kappa shape index (κ2) is 9.18. The smallest absolute Gasteiger partial charge is 0.253 e. The van der Waals surface area contributed by atoms with Crippen LogP contribution in [0, 0.1) is 11.8 Å². The quantitative estimate of drug-likeness (QED) is 0.709. The van der Waals surface area contributed by atoms with Crippen LogP contribution in [0.2, 0.25) is 5.02 Å². The Kier molecular flexibility index (Phi) is 6.37. The first kappa shape index (κ1) is 21.5. The molecule has 0 aromatic heterocycles. The normalized spacial score (nSPS) is 20.4. The van der Waals surface area contributed by atoms with E-state index in [0.29, 0.717) is 47.6 Å². The van der Waals surface area contributed by atoms with Crippen LogP contribution in [0.4, 0.5) is 0 Å². The number of carbonyl (C=O) groups is 2. The molecule has 0 bridgehead atoms. The van der Waals surface area contributed by atoms with Crippen LogP contribution in [0.15, 0.2) is 42.5 Å². The summed E-state index contributed by atoms with van der Waals surface area (Å²) in [6.45, 7) is 1.47. The standard InChI is InChI=1S/C24H27ClN2O4/c1-30-21-5-3-4-18(22(21)31-2)19-13-27(24(29)16-8-10-17(25)11-9-16)14-20(19)23(28)26-12-15-6-7-15/h3-5,8-11,15,19-20H,6-7,12-14H2,1-2H3,(H,26,28)/t19-,20+/m0/s1. The largest absolute Gasteiger partial charge is 0.493 e. The Morgan fingerprint density at radius 1 is 1.06 bits per heavy atom. The Morgan fingerprint density at radius 3 is 2.45 bits per heavy atom. The first-order valence-corrected chi connectivity index (χ1v) is 10.9. The summed E-state index contributed by atoms with van der Waals surface area (Å²) < 4.78 is 11.1. The van der Waals surface area contributed by atoms with Crippen molar-refractivity contribution in [2.24, 2.45) is 11.8 Å². The molecule has 2 aromatic rings. The first-order chi connectivity index (χ1) is 15.0. The molecule has 1 saturated carbocycles. The molecule has 2 amide bonds. The van der Waals surface area contributed by atoms with Crippen molar-refractivity contribution in [3.05, 3.63) is 58.6 Å². The zero-order valence-electron chi connectivity index (χ0n) is 17.8. The highest BCUT2D eigenvalue weighted by Gasteiger charge is 2.42. The van der Waals surface area contributed by atoms with E-state index in [1.54, 1.807) is 43.4 Å². The van der Waals surface area contributed by atoms with Crippen molar-refractivity contribution < 1.29 is 19.1 Å². The number of likely N-dealkylation sites (tertiary alicyclic amines) is 1. The van der Waals surface area contributed by atoms with Crippen LogP contribution in [0.1, 0.15) is 34.7 Å². The number of halogens is 1. The van der Waals surface area contributed by atoms with E-state index in [0.717, 1.165) is 5.56 Å². The van der Waals surface area contributed by atoms with Crippen LogP contribution < -0.4 is 14.8 Å². The third kappa shape index (κ3) is 4.64. The summed E-state index contributed by atoms with van der Waals surface area (Å²) in [6.07, 6.45) is 2.33. The Morgan fingerprint density at radius 2 is 1.81 bits per heavy atom. The Labute approximate surface area is 187 Å². The SMILES string of the molecule is COc1cccc([C@@H]2CN(C(=O)c3ccc(Cl)cc3)C[C@H]2C(=O)NCC2CC2)c1OC. The van der Waals surface area contributed by atoms with Gasteiger partial charge in [-0.15, -0.1) is 0 Å². The number of amides is 2. The van der Waals surface area contributed by atoms with E-state index in [4.69, 9.17) is 21.1 Å². The number of nitrogens with zero attached hydrogens (tertiary/aromatic N) is 1. The van der Waals surface area contributed by atoms with Crippen LogP contribution in [-0.2, 0) is 4.79 Å². The van der Waals surface area contributed by atoms with Gasteiger partial charge in [0.25, 0.3) is 5.91 Å². The second-order valence-corrected chi connectivity index (χ2v) is 8.64. The number of methoxy groups -OCH3 is 2. The molecule has 2 atom stereocenters. The molecule has 0 unspecified atom stereocenters. The molecule has 1 aliphatic heterocycles. The Bertz CT molecular complexity index is 959. The van der Waals surface area contributed by atoms with Crippen molar-refractivity contribution in [3.63, 3.8) is 0 Å². The fraction of sp³-hybridized carbons (Fsp3) is 0.417. The van der Waals surface area contributed by atoms with E-state index in [9.17, 15) is 9.59 Å². The number of hydrogen-bond acceptors (Lipinski definition) is 4. The summed E-state index contributed by atoms with van der Waals surface area (Å²) in [4.78, 5) is 28.0. The molecule has 1 N–H and O–H groups in total. The van der Waals surface area contributed by atoms with Crippen LogP contribution in [-0.4, -0.2) is 50.6 Å². The van der Waals surface area contributed by atoms with Gasteiger partial charge in [0.1, 0.15) is 0 Å². The molecule has 6 nitrogen and oxygen atoms in total. The zero-order valence-corrected chi connectivity index (χ0v) is 18.5. The molecule has 7 heteroatoms. The van der Waals surface area contributed by atoms with Gasteiger partial charge >= 0.3 is 0 Å². The molecule has 31 heavy (non-hydrogen) atoms. The van der Waals surface area contributed by atoms with Gasteiger partial charge in [-0.25, -0.2) is 0 Å². The lowest BCUT2D eigenvalue weighted by atomic mass is 9.87. The molecule has 4 rings (SSSR count). The van der Waals surface area contributed by atoms with Crippen molar-refractivity contribution in [2.45, 2.75) is 18.8 Å². The van der Waals surface area contributed by atoms with E-state index in [-0.39, 0.29) is 23.7 Å². The summed E-state index contributed by atoms with van der Waals surface area (Å²) in [5.74, 6) is 1.11. The number of carbonyl (C=O) groups excluding carboxylic acids is 2. The van der Waals surface area contributed by atoms with Crippen LogP contribution in [0.3, 0.4) is 0 Å². The van der Waals surface area contributed by atoms with Gasteiger partial charge in [-0.05, 0) is 49.1 Å². The predicted octanol–water partition coefficient (Wildman–Crippen LogP) is 3.74. The molecule has 2 fully saturated rings. The Hall–Kier alpha value is -2.73. The fourth-order valence-corrected chi connectivity index (χ4v) is 4.35. The van der Waals surface area contributed by atoms with Crippen LogP contribution in [0.25, 0.3) is 0 Å². The predicted molar refractivity (Wildman–Crippen MR) is 119 cm³/mol. The highest BCUT2D eigenvalue weighted by molar-refractivity contribution is 6.30. The van der Waals surface area contributed by atoms with Gasteiger partial charge in [0.15, 0.2) is 11.5 Å². The molecule has 1 heterocycles. The first-order valence-electron chi connectivity index (χ1n) is 10.5. The van der Waals surface area contributed by atoms with Gasteiger partial charge in [0.2, 0.25) is 5.91 Å². The topological polar surface area (TPSA) is 67.9 Å². The molecule has 2 aliphatic rings. The maximum Gasteiger partial charge on any atom is 0.253 e. The monoisotopic (exact) mass is 442 g/mol. The van der Waals surface area contributed by atoms with E-state index in [1.165, 1.54) is 12.8 Å². The molecule has 1 saturated heterocycles. The number of rotatable bonds is 7. The summed E-state index contributed by atoms with van der Waals surface area (Å²) in [5.41, 5.74) is 1.43. The average Bonchev–Trinajstić information content (AvgIpc) is 3.52. The van der Waals surface area contributed by atoms with E-state index in [2.05, 4.69) is 5.32 Å². The molecular formula is C24H27ClN2O4. The lowest BCUT2D eigenvalue weighted by Crippen LogP contribution is -2.36. The van der Waals surface area contributed by atoms with Crippen LogP contribution >= 0.6 is 11.6 Å². The molecule has 2 aromatic carbocycles. The van der Waals surface area contributed by atoms with Crippen LogP contribution in [0.5, 0.6) is 11.5 Å². The number of nitrogens with one attached hydrogen (secondary N) is 1. The third-order valence-corrected chi connectivity index (χ3v) is 6.38. The lowest BCUT2D eigenvalue weighted by molar-refractivity contribution is -0.125. The van der Waals surface area contributed by atoms with E-state index >= 15 is 0 Å². The Balaban J connectivity index is 1.62. The van der Waals surface area contributed by atoms with Gasteiger partial charge in [0.05, 0.1) is 20.1 Å². The maximum absolute atomic E-state index is 13.2. The zero-order chi connectivity index (χ0) is 22.0. The molecule has 0 radical (unpaired) electrons. The van der Waals surface area contributed by atoms with Crippen molar-refractivity contribution in [3.8, 4) is 11.5 Å². The molecule has 1 aliphatic carbocycles. The number of benzene rings is 2. The molecular weight excluding hydrogens is 416 g/mol. The summed E-state index contributed by atoms with van der Waals surface area (Å²) in [5, 5.41) is 3.67. The molecule has 0 spiro atoms. The minimum Gasteiger partial charge on any atom is -0.493 e. The number of para-hydroxylation sites is 1. The summed E-state index contributed by atoms with van der Waals surface area (Å²) >= 11 is 5.97. The van der Waals surface area contributed by atoms with E-state index in [1.807, 2.05) is 18.2 Å². The van der Waals surface area contributed by atoms with Gasteiger partial charge in [-0.2, -0.15) is 0 Å². The number of hydrogen-bond donors (Lipinski definition) is 1. The minimum absolute atomic E-state index is 0.0202. The highest BCUT2D eigenvalue weighted by atomic mass is 35.5. The maximum atomic E-state index is 13.2. The summed E-state index contributed by atoms with van der Waals surface area (Å²) in [7, 11) is 3.18. The fourth-order valence-electron chi connectivity index (χ4n) is 4.23. The van der Waals surface area contributed by atoms with Gasteiger partial charge in [0, 0.05) is 41.7 Å². The summed E-state index contributed by atoms with van der Waals surface area (Å²) in [6, 6.07) is 12.5. The van der Waals surface area contributed by atoms with E-state index < -0.39 is 0 Å². The van der Waals surface area contributed by atoms with Crippen molar-refractivity contribution in [2.75, 3.05) is 33.9 Å². The molecule has 164 valence electrons. The van der Waals surface area contributed by atoms with Gasteiger partial charge in [-0.3, -0.25) is 9.59 Å². The third-order valence-electron chi connectivity index (χ3n) is 6.13. The van der Waals surface area contributed by atoms with Crippen molar-refractivity contribution in [1.82, 2.24) is 10.2 Å².